The maximum atomic E-state index is 12.5. The van der Waals surface area contributed by atoms with Crippen LogP contribution in [0.2, 0.25) is 0 Å². The van der Waals surface area contributed by atoms with Gasteiger partial charge in [0, 0.05) is 56.7 Å². The van der Waals surface area contributed by atoms with E-state index in [0.717, 1.165) is 45.8 Å². The molecule has 1 atom stereocenters. The molecular weight excluding hydrogens is 332 g/mol. The predicted octanol–water partition coefficient (Wildman–Crippen LogP) is 2.70. The third-order valence-electron chi connectivity index (χ3n) is 5.44. The number of hydrogen-bond donors (Lipinski definition) is 1. The number of carbonyl (C=O) groups excluding carboxylic acids is 1. The molecule has 0 aliphatic carbocycles. The van der Waals surface area contributed by atoms with Crippen molar-refractivity contribution in [2.75, 3.05) is 45.8 Å². The Balaban J connectivity index is 1.36. The van der Waals surface area contributed by atoms with Crippen molar-refractivity contribution in [3.8, 4) is 0 Å². The quantitative estimate of drug-likeness (QED) is 0.873. The van der Waals surface area contributed by atoms with Gasteiger partial charge < -0.3 is 15.1 Å². The molecule has 0 bridgehead atoms. The number of nitrogens with zero attached hydrogens (tertiary/aromatic N) is 3. The fraction of sp³-hybridized carbons (Fsp3) is 0.737. The molecule has 3 heterocycles. The minimum atomic E-state index is 0.123. The fourth-order valence-electron chi connectivity index (χ4n) is 3.81. The van der Waals surface area contributed by atoms with Crippen LogP contribution in [0.25, 0.3) is 0 Å². The van der Waals surface area contributed by atoms with Gasteiger partial charge in [-0.05, 0) is 50.6 Å². The molecule has 25 heavy (non-hydrogen) atoms. The van der Waals surface area contributed by atoms with Crippen LogP contribution in [0.3, 0.4) is 0 Å². The molecule has 140 valence electrons. The Kier molecular flexibility index (Phi) is 6.73. The number of piperazine rings is 1. The zero-order valence-electron chi connectivity index (χ0n) is 15.6. The van der Waals surface area contributed by atoms with Gasteiger partial charge in [0.25, 0.3) is 0 Å². The van der Waals surface area contributed by atoms with Crippen LogP contribution < -0.4 is 5.32 Å². The highest BCUT2D eigenvalue weighted by molar-refractivity contribution is 7.09. The van der Waals surface area contributed by atoms with Crippen LogP contribution in [0.4, 0.5) is 4.79 Å². The molecule has 6 heteroatoms. The highest BCUT2D eigenvalue weighted by Crippen LogP contribution is 2.18. The van der Waals surface area contributed by atoms with E-state index in [0.29, 0.717) is 12.0 Å². The molecular formula is C19H32N4OS. The second-order valence-corrected chi connectivity index (χ2v) is 8.66. The minimum Gasteiger partial charge on any atom is -0.338 e. The van der Waals surface area contributed by atoms with Crippen molar-refractivity contribution in [3.05, 3.63) is 22.4 Å². The van der Waals surface area contributed by atoms with Gasteiger partial charge in [-0.2, -0.15) is 0 Å². The first-order valence-electron chi connectivity index (χ1n) is 9.63. The van der Waals surface area contributed by atoms with Gasteiger partial charge >= 0.3 is 6.03 Å². The van der Waals surface area contributed by atoms with Gasteiger partial charge in [0.1, 0.15) is 0 Å². The summed E-state index contributed by atoms with van der Waals surface area (Å²) in [6.45, 7) is 12.3. The molecule has 2 amide bonds. The summed E-state index contributed by atoms with van der Waals surface area (Å²) < 4.78 is 0. The average Bonchev–Trinajstić information content (AvgIpc) is 3.13. The summed E-state index contributed by atoms with van der Waals surface area (Å²) in [4.78, 5) is 20.8. The first kappa shape index (κ1) is 18.7. The van der Waals surface area contributed by atoms with E-state index in [2.05, 4.69) is 46.5 Å². The lowest BCUT2D eigenvalue weighted by Gasteiger charge is -2.37. The molecule has 2 aliphatic heterocycles. The number of urea groups is 1. The van der Waals surface area contributed by atoms with E-state index in [9.17, 15) is 4.79 Å². The van der Waals surface area contributed by atoms with Crippen LogP contribution in [0, 0.1) is 5.92 Å². The van der Waals surface area contributed by atoms with Gasteiger partial charge in [0.15, 0.2) is 0 Å². The largest absolute Gasteiger partial charge is 0.338 e. The summed E-state index contributed by atoms with van der Waals surface area (Å²) in [5, 5.41) is 5.32. The Labute approximate surface area is 156 Å². The first-order valence-corrected chi connectivity index (χ1v) is 10.5. The van der Waals surface area contributed by atoms with E-state index in [1.165, 1.54) is 24.3 Å². The third kappa shape index (κ3) is 5.43. The van der Waals surface area contributed by atoms with Crippen LogP contribution in [0.15, 0.2) is 17.5 Å². The normalized spacial score (nSPS) is 23.2. The van der Waals surface area contributed by atoms with E-state index < -0.39 is 0 Å². The number of likely N-dealkylation sites (tertiary alicyclic amines) is 1. The topological polar surface area (TPSA) is 38.8 Å². The fourth-order valence-corrected chi connectivity index (χ4v) is 4.55. The number of carbonyl (C=O) groups is 1. The van der Waals surface area contributed by atoms with E-state index in [4.69, 9.17) is 0 Å². The van der Waals surface area contributed by atoms with Crippen molar-refractivity contribution in [2.24, 2.45) is 5.92 Å². The van der Waals surface area contributed by atoms with Crippen LogP contribution in [0.1, 0.15) is 31.6 Å². The summed E-state index contributed by atoms with van der Waals surface area (Å²) in [7, 11) is 0. The van der Waals surface area contributed by atoms with Gasteiger partial charge in [-0.25, -0.2) is 4.79 Å². The monoisotopic (exact) mass is 364 g/mol. The van der Waals surface area contributed by atoms with Crippen molar-refractivity contribution in [1.82, 2.24) is 20.0 Å². The van der Waals surface area contributed by atoms with Gasteiger partial charge in [0.05, 0.1) is 0 Å². The Morgan fingerprint density at radius 3 is 2.76 bits per heavy atom. The number of amides is 2. The summed E-state index contributed by atoms with van der Waals surface area (Å²) in [5.41, 5.74) is 0. The predicted molar refractivity (Wildman–Crippen MR) is 104 cm³/mol. The zero-order valence-corrected chi connectivity index (χ0v) is 16.4. The summed E-state index contributed by atoms with van der Waals surface area (Å²) in [5.74, 6) is 0.597. The molecule has 2 saturated heterocycles. The van der Waals surface area contributed by atoms with Gasteiger partial charge in [0.2, 0.25) is 0 Å². The lowest BCUT2D eigenvalue weighted by molar-refractivity contribution is 0.125. The highest BCUT2D eigenvalue weighted by atomic mass is 32.1. The summed E-state index contributed by atoms with van der Waals surface area (Å²) in [6.07, 6.45) is 2.48. The van der Waals surface area contributed by atoms with Gasteiger partial charge in [-0.1, -0.05) is 6.07 Å². The van der Waals surface area contributed by atoms with Crippen molar-refractivity contribution in [1.29, 1.82) is 0 Å². The van der Waals surface area contributed by atoms with Crippen molar-refractivity contribution in [2.45, 2.75) is 39.3 Å². The maximum Gasteiger partial charge on any atom is 0.317 e. The van der Waals surface area contributed by atoms with Crippen LogP contribution >= 0.6 is 11.3 Å². The zero-order chi connectivity index (χ0) is 17.6. The second-order valence-electron chi connectivity index (χ2n) is 7.63. The minimum absolute atomic E-state index is 0.123. The van der Waals surface area contributed by atoms with Crippen LogP contribution in [-0.4, -0.2) is 72.6 Å². The second kappa shape index (κ2) is 9.01. The van der Waals surface area contributed by atoms with E-state index >= 15 is 0 Å². The lowest BCUT2D eigenvalue weighted by atomic mass is 9.97. The van der Waals surface area contributed by atoms with Gasteiger partial charge in [-0.15, -0.1) is 11.3 Å². The number of hydrogen-bond acceptors (Lipinski definition) is 4. The third-order valence-corrected chi connectivity index (χ3v) is 6.30. The van der Waals surface area contributed by atoms with Gasteiger partial charge in [-0.3, -0.25) is 4.90 Å². The molecule has 0 aromatic carbocycles. The Morgan fingerprint density at radius 2 is 2.08 bits per heavy atom. The molecule has 2 aliphatic rings. The van der Waals surface area contributed by atoms with Crippen LogP contribution in [-0.2, 0) is 6.54 Å². The standard InChI is InChI=1S/C19H32N4OS/c1-16(2)23-7-3-5-17(14-23)13-20-19(24)22-10-8-21(9-11-22)15-18-6-4-12-25-18/h4,6,12,16-17H,3,5,7-11,13-15H2,1-2H3,(H,20,24). The van der Waals surface area contributed by atoms with Crippen molar-refractivity contribution >= 4 is 17.4 Å². The molecule has 1 unspecified atom stereocenters. The van der Waals surface area contributed by atoms with E-state index in [1.807, 2.05) is 16.2 Å². The Morgan fingerprint density at radius 1 is 1.28 bits per heavy atom. The number of nitrogens with one attached hydrogen (secondary N) is 1. The summed E-state index contributed by atoms with van der Waals surface area (Å²) in [6, 6.07) is 5.02. The highest BCUT2D eigenvalue weighted by Gasteiger charge is 2.24. The lowest BCUT2D eigenvalue weighted by Crippen LogP contribution is -2.52. The van der Waals surface area contributed by atoms with Crippen LogP contribution in [0.5, 0.6) is 0 Å². The van der Waals surface area contributed by atoms with E-state index in [-0.39, 0.29) is 6.03 Å². The Bertz CT molecular complexity index is 526. The van der Waals surface area contributed by atoms with E-state index in [1.54, 1.807) is 0 Å². The molecule has 1 aromatic heterocycles. The molecule has 1 aromatic rings. The molecule has 2 fully saturated rings. The molecule has 3 rings (SSSR count). The van der Waals surface area contributed by atoms with Crippen molar-refractivity contribution < 1.29 is 4.79 Å². The average molecular weight is 365 g/mol. The SMILES string of the molecule is CC(C)N1CCCC(CNC(=O)N2CCN(Cc3cccs3)CC2)C1. The number of piperidine rings is 1. The summed E-state index contributed by atoms with van der Waals surface area (Å²) >= 11 is 1.81. The molecule has 0 radical (unpaired) electrons. The molecule has 0 saturated carbocycles. The Hall–Kier alpha value is -1.11. The number of thiophene rings is 1. The van der Waals surface area contributed by atoms with Crippen molar-refractivity contribution in [3.63, 3.8) is 0 Å². The molecule has 1 N–H and O–H groups in total. The molecule has 5 nitrogen and oxygen atoms in total. The first-order chi connectivity index (χ1) is 12.1. The number of rotatable bonds is 5. The smallest absolute Gasteiger partial charge is 0.317 e. The maximum absolute atomic E-state index is 12.5. The molecule has 0 spiro atoms.